The zero-order valence-corrected chi connectivity index (χ0v) is 9.67. The molecule has 100 valence electrons. The number of esters is 1. The summed E-state index contributed by atoms with van der Waals surface area (Å²) in [5.74, 6) is -0.765. The zero-order chi connectivity index (χ0) is 14.2. The van der Waals surface area contributed by atoms with Crippen LogP contribution in [0.25, 0.3) is 10.9 Å². The predicted molar refractivity (Wildman–Crippen MR) is 60.9 cm³/mol. The second-order valence-electron chi connectivity index (χ2n) is 3.80. The first-order valence-corrected chi connectivity index (χ1v) is 5.15. The molecular formula is C12H8F3NO3. The van der Waals surface area contributed by atoms with Crippen LogP contribution in [0.5, 0.6) is 0 Å². The lowest BCUT2D eigenvalue weighted by atomic mass is 10.1. The first-order chi connectivity index (χ1) is 8.82. The highest BCUT2D eigenvalue weighted by molar-refractivity contribution is 5.91. The Morgan fingerprint density at radius 2 is 1.95 bits per heavy atom. The van der Waals surface area contributed by atoms with Gasteiger partial charge in [0.05, 0.1) is 12.7 Å². The van der Waals surface area contributed by atoms with Gasteiger partial charge in [0.25, 0.3) is 0 Å². The highest BCUT2D eigenvalue weighted by Gasteiger charge is 2.30. The van der Waals surface area contributed by atoms with Crippen molar-refractivity contribution in [3.63, 3.8) is 0 Å². The molecule has 0 spiro atoms. The van der Waals surface area contributed by atoms with E-state index in [1.807, 2.05) is 0 Å². The third-order valence-electron chi connectivity index (χ3n) is 2.56. The van der Waals surface area contributed by atoms with E-state index in [1.54, 1.807) is 0 Å². The molecule has 19 heavy (non-hydrogen) atoms. The Morgan fingerprint density at radius 3 is 2.53 bits per heavy atom. The minimum Gasteiger partial charge on any atom is -0.464 e. The van der Waals surface area contributed by atoms with Gasteiger partial charge in [0.2, 0.25) is 0 Å². The Morgan fingerprint density at radius 1 is 1.26 bits per heavy atom. The van der Waals surface area contributed by atoms with Gasteiger partial charge in [0.15, 0.2) is 5.43 Å². The van der Waals surface area contributed by atoms with E-state index in [-0.39, 0.29) is 16.6 Å². The van der Waals surface area contributed by atoms with Crippen LogP contribution in [-0.4, -0.2) is 18.1 Å². The number of aromatic nitrogens is 1. The number of halogens is 3. The molecule has 2 rings (SSSR count). The number of aromatic amines is 1. The third-order valence-corrected chi connectivity index (χ3v) is 2.56. The van der Waals surface area contributed by atoms with Gasteiger partial charge in [-0.1, -0.05) is 0 Å². The average Bonchev–Trinajstić information content (AvgIpc) is 2.36. The molecule has 0 amide bonds. The Kier molecular flexibility index (Phi) is 3.05. The summed E-state index contributed by atoms with van der Waals surface area (Å²) in [6.45, 7) is 0. The molecule has 2 aromatic rings. The molecule has 0 bridgehead atoms. The maximum atomic E-state index is 12.5. The average molecular weight is 271 g/mol. The Balaban J connectivity index is 2.67. The Bertz CT molecular complexity index is 703. The van der Waals surface area contributed by atoms with Crippen molar-refractivity contribution < 1.29 is 22.7 Å². The molecule has 0 aliphatic rings. The van der Waals surface area contributed by atoms with Gasteiger partial charge in [-0.15, -0.1) is 0 Å². The van der Waals surface area contributed by atoms with Crippen LogP contribution in [0, 0.1) is 0 Å². The molecule has 0 aliphatic carbocycles. The standard InChI is InChI=1S/C12H8F3NO3/c1-19-11(18)9-5-10(17)7-4-6(12(13,14)15)2-3-8(7)16-9/h2-5H,1H3,(H,16,17). The number of fused-ring (bicyclic) bond motifs is 1. The minimum atomic E-state index is -4.53. The van der Waals surface area contributed by atoms with Gasteiger partial charge >= 0.3 is 12.1 Å². The first kappa shape index (κ1) is 13.1. The molecule has 7 heteroatoms. The number of rotatable bonds is 1. The third kappa shape index (κ3) is 2.44. The van der Waals surface area contributed by atoms with Gasteiger partial charge in [-0.2, -0.15) is 13.2 Å². The van der Waals surface area contributed by atoms with Gasteiger partial charge in [0, 0.05) is 17.0 Å². The largest absolute Gasteiger partial charge is 0.464 e. The van der Waals surface area contributed by atoms with Crippen LogP contribution in [-0.2, 0) is 10.9 Å². The second-order valence-corrected chi connectivity index (χ2v) is 3.80. The molecule has 1 aromatic carbocycles. The number of carbonyl (C=O) groups is 1. The quantitative estimate of drug-likeness (QED) is 0.810. The van der Waals surface area contributed by atoms with E-state index in [9.17, 15) is 22.8 Å². The molecule has 1 heterocycles. The summed E-state index contributed by atoms with van der Waals surface area (Å²) in [4.78, 5) is 25.5. The lowest BCUT2D eigenvalue weighted by Crippen LogP contribution is -2.12. The van der Waals surface area contributed by atoms with Crippen LogP contribution in [0.1, 0.15) is 16.1 Å². The second kappa shape index (κ2) is 4.42. The number of nitrogens with one attached hydrogen (secondary N) is 1. The number of hydrogen-bond acceptors (Lipinski definition) is 3. The molecule has 1 N–H and O–H groups in total. The minimum absolute atomic E-state index is 0.111. The number of benzene rings is 1. The summed E-state index contributed by atoms with van der Waals surface area (Å²) in [5, 5.41) is -0.137. The zero-order valence-electron chi connectivity index (χ0n) is 9.67. The fraction of sp³-hybridized carbons (Fsp3) is 0.167. The fourth-order valence-corrected chi connectivity index (χ4v) is 1.64. The lowest BCUT2D eigenvalue weighted by Gasteiger charge is -2.08. The highest BCUT2D eigenvalue weighted by Crippen LogP contribution is 2.30. The van der Waals surface area contributed by atoms with Gasteiger partial charge in [0.1, 0.15) is 5.69 Å². The highest BCUT2D eigenvalue weighted by atomic mass is 19.4. The van der Waals surface area contributed by atoms with Gasteiger partial charge < -0.3 is 9.72 Å². The topological polar surface area (TPSA) is 59.2 Å². The molecule has 0 aliphatic heterocycles. The molecule has 0 radical (unpaired) electrons. The molecule has 0 unspecified atom stereocenters. The van der Waals surface area contributed by atoms with Crippen LogP contribution in [0.15, 0.2) is 29.1 Å². The fourth-order valence-electron chi connectivity index (χ4n) is 1.64. The van der Waals surface area contributed by atoms with Crippen molar-refractivity contribution in [2.75, 3.05) is 7.11 Å². The van der Waals surface area contributed by atoms with E-state index in [4.69, 9.17) is 0 Å². The number of hydrogen-bond donors (Lipinski definition) is 1. The van der Waals surface area contributed by atoms with Crippen molar-refractivity contribution in [3.8, 4) is 0 Å². The van der Waals surface area contributed by atoms with Crippen molar-refractivity contribution in [2.24, 2.45) is 0 Å². The van der Waals surface area contributed by atoms with Crippen LogP contribution < -0.4 is 5.43 Å². The van der Waals surface area contributed by atoms with Gasteiger partial charge in [-0.05, 0) is 18.2 Å². The summed E-state index contributed by atoms with van der Waals surface area (Å²) < 4.78 is 42.0. The van der Waals surface area contributed by atoms with Crippen molar-refractivity contribution in [2.45, 2.75) is 6.18 Å². The van der Waals surface area contributed by atoms with E-state index in [2.05, 4.69) is 9.72 Å². The summed E-state index contributed by atoms with van der Waals surface area (Å²) >= 11 is 0. The van der Waals surface area contributed by atoms with Crippen molar-refractivity contribution in [3.05, 3.63) is 45.7 Å². The van der Waals surface area contributed by atoms with Crippen LogP contribution >= 0.6 is 0 Å². The van der Waals surface area contributed by atoms with Crippen LogP contribution in [0.2, 0.25) is 0 Å². The summed E-state index contributed by atoms with van der Waals surface area (Å²) in [5.41, 5.74) is -1.57. The maximum absolute atomic E-state index is 12.5. The number of alkyl halides is 3. The summed E-state index contributed by atoms with van der Waals surface area (Å²) in [7, 11) is 1.14. The van der Waals surface area contributed by atoms with Crippen LogP contribution in [0.3, 0.4) is 0 Å². The SMILES string of the molecule is COC(=O)c1cc(=O)c2cc(C(F)(F)F)ccc2[nH]1. The van der Waals surface area contributed by atoms with Gasteiger partial charge in [-0.3, -0.25) is 4.79 Å². The van der Waals surface area contributed by atoms with Gasteiger partial charge in [-0.25, -0.2) is 4.79 Å². The maximum Gasteiger partial charge on any atom is 0.416 e. The normalized spacial score (nSPS) is 11.6. The Hall–Kier alpha value is -2.31. The lowest BCUT2D eigenvalue weighted by molar-refractivity contribution is -0.137. The molecule has 0 saturated carbocycles. The first-order valence-electron chi connectivity index (χ1n) is 5.15. The van der Waals surface area contributed by atoms with Crippen molar-refractivity contribution in [1.82, 2.24) is 4.98 Å². The number of pyridine rings is 1. The number of ether oxygens (including phenoxy) is 1. The van der Waals surface area contributed by atoms with Crippen LogP contribution in [0.4, 0.5) is 13.2 Å². The molecule has 0 saturated heterocycles. The summed E-state index contributed by atoms with van der Waals surface area (Å²) in [6, 6.07) is 3.59. The number of methoxy groups -OCH3 is 1. The molecule has 0 atom stereocenters. The molecular weight excluding hydrogens is 263 g/mol. The van der Waals surface area contributed by atoms with E-state index >= 15 is 0 Å². The van der Waals surface area contributed by atoms with E-state index in [1.165, 1.54) is 0 Å². The van der Waals surface area contributed by atoms with E-state index < -0.39 is 23.1 Å². The number of H-pyrrole nitrogens is 1. The molecule has 1 aromatic heterocycles. The molecule has 4 nitrogen and oxygen atoms in total. The molecule has 0 fully saturated rings. The van der Waals surface area contributed by atoms with Crippen molar-refractivity contribution >= 4 is 16.9 Å². The van der Waals surface area contributed by atoms with Crippen molar-refractivity contribution in [1.29, 1.82) is 0 Å². The number of carbonyl (C=O) groups excluding carboxylic acids is 1. The monoisotopic (exact) mass is 271 g/mol. The Labute approximate surface area is 104 Å². The summed E-state index contributed by atoms with van der Waals surface area (Å²) in [6.07, 6.45) is -4.53. The smallest absolute Gasteiger partial charge is 0.416 e. The van der Waals surface area contributed by atoms with E-state index in [0.29, 0.717) is 0 Å². The van der Waals surface area contributed by atoms with E-state index in [0.717, 1.165) is 31.4 Å². The predicted octanol–water partition coefficient (Wildman–Crippen LogP) is 2.33.